The molecule has 0 aliphatic rings. The van der Waals surface area contributed by atoms with Crippen LogP contribution in [0.1, 0.15) is 49.2 Å². The highest BCUT2D eigenvalue weighted by atomic mass is 16.6. The van der Waals surface area contributed by atoms with E-state index in [9.17, 15) is 9.59 Å². The van der Waals surface area contributed by atoms with Crippen LogP contribution in [0.5, 0.6) is 0 Å². The van der Waals surface area contributed by atoms with Gasteiger partial charge in [0.15, 0.2) is 5.78 Å². The summed E-state index contributed by atoms with van der Waals surface area (Å²) in [5, 5.41) is 2.65. The Morgan fingerprint density at radius 2 is 1.74 bits per heavy atom. The molecule has 0 aliphatic heterocycles. The second-order valence-corrected chi connectivity index (χ2v) is 5.69. The number of hydrogen-bond donors (Lipinski definition) is 1. The molecule has 0 unspecified atom stereocenters. The third kappa shape index (κ3) is 4.39. The number of aryl methyl sites for hydroxylation is 2. The van der Waals surface area contributed by atoms with E-state index in [0.717, 1.165) is 11.1 Å². The number of carbonyl (C=O) groups excluding carboxylic acids is 2. The summed E-state index contributed by atoms with van der Waals surface area (Å²) in [5.74, 6) is -0.0800. The third-order valence-corrected chi connectivity index (χ3v) is 2.47. The van der Waals surface area contributed by atoms with Gasteiger partial charge in [0.25, 0.3) is 0 Å². The number of rotatable bonds is 2. The molecule has 1 rings (SSSR count). The van der Waals surface area contributed by atoms with E-state index in [-0.39, 0.29) is 5.78 Å². The molecule has 1 aromatic rings. The fourth-order valence-electron chi connectivity index (χ4n) is 1.95. The van der Waals surface area contributed by atoms with Crippen molar-refractivity contribution in [2.45, 2.75) is 47.1 Å². The SMILES string of the molecule is CC(=O)c1c(C)cc(C)cc1NC(=O)OC(C)(C)C. The highest BCUT2D eigenvalue weighted by molar-refractivity contribution is 6.04. The molecule has 0 saturated carbocycles. The van der Waals surface area contributed by atoms with E-state index < -0.39 is 11.7 Å². The highest BCUT2D eigenvalue weighted by Gasteiger charge is 2.19. The van der Waals surface area contributed by atoms with Crippen molar-refractivity contribution in [3.05, 3.63) is 28.8 Å². The summed E-state index contributed by atoms with van der Waals surface area (Å²) in [5.41, 5.74) is 2.28. The average molecular weight is 263 g/mol. The minimum absolute atomic E-state index is 0.0800. The average Bonchev–Trinajstić information content (AvgIpc) is 2.10. The van der Waals surface area contributed by atoms with Crippen molar-refractivity contribution in [3.8, 4) is 0 Å². The van der Waals surface area contributed by atoms with E-state index >= 15 is 0 Å². The maximum absolute atomic E-state index is 11.8. The summed E-state index contributed by atoms with van der Waals surface area (Å²) in [6, 6.07) is 3.69. The van der Waals surface area contributed by atoms with Crippen molar-refractivity contribution in [2.24, 2.45) is 0 Å². The Hall–Kier alpha value is -1.84. The van der Waals surface area contributed by atoms with E-state index in [2.05, 4.69) is 5.32 Å². The second kappa shape index (κ2) is 5.43. The number of ether oxygens (including phenoxy) is 1. The Bertz CT molecular complexity index is 513. The lowest BCUT2D eigenvalue weighted by Gasteiger charge is -2.20. The Morgan fingerprint density at radius 1 is 1.16 bits per heavy atom. The van der Waals surface area contributed by atoms with Crippen LogP contribution in [0.15, 0.2) is 12.1 Å². The monoisotopic (exact) mass is 263 g/mol. The number of ketones is 1. The smallest absolute Gasteiger partial charge is 0.412 e. The van der Waals surface area contributed by atoms with Gasteiger partial charge in [-0.2, -0.15) is 0 Å². The molecule has 0 aliphatic carbocycles. The molecule has 19 heavy (non-hydrogen) atoms. The Balaban J connectivity index is 3.07. The number of amides is 1. The van der Waals surface area contributed by atoms with Crippen molar-refractivity contribution in [1.82, 2.24) is 0 Å². The summed E-state index contributed by atoms with van der Waals surface area (Å²) in [6.45, 7) is 10.6. The van der Waals surface area contributed by atoms with E-state index in [0.29, 0.717) is 11.3 Å². The van der Waals surface area contributed by atoms with Gasteiger partial charge in [0.2, 0.25) is 0 Å². The van der Waals surface area contributed by atoms with Gasteiger partial charge in [-0.15, -0.1) is 0 Å². The molecule has 0 spiro atoms. The normalized spacial score (nSPS) is 11.1. The first-order valence-electron chi connectivity index (χ1n) is 6.22. The van der Waals surface area contributed by atoms with Crippen LogP contribution in [0.25, 0.3) is 0 Å². The lowest BCUT2D eigenvalue weighted by Crippen LogP contribution is -2.27. The predicted molar refractivity (Wildman–Crippen MR) is 75.8 cm³/mol. The van der Waals surface area contributed by atoms with Gasteiger partial charge in [0.05, 0.1) is 5.69 Å². The van der Waals surface area contributed by atoms with Crippen LogP contribution in [0.4, 0.5) is 10.5 Å². The molecule has 0 atom stereocenters. The Morgan fingerprint density at radius 3 is 2.21 bits per heavy atom. The molecule has 0 heterocycles. The fraction of sp³-hybridized carbons (Fsp3) is 0.467. The number of hydrogen-bond acceptors (Lipinski definition) is 3. The van der Waals surface area contributed by atoms with Gasteiger partial charge in [-0.3, -0.25) is 10.1 Å². The van der Waals surface area contributed by atoms with Gasteiger partial charge in [0, 0.05) is 5.56 Å². The third-order valence-electron chi connectivity index (χ3n) is 2.47. The standard InChI is InChI=1S/C15H21NO3/c1-9-7-10(2)13(11(3)17)12(8-9)16-14(18)19-15(4,5)6/h7-8H,1-6H3,(H,16,18). The molecular weight excluding hydrogens is 242 g/mol. The molecule has 0 saturated heterocycles. The first-order chi connectivity index (χ1) is 8.60. The lowest BCUT2D eigenvalue weighted by molar-refractivity contribution is 0.0636. The summed E-state index contributed by atoms with van der Waals surface area (Å²) in [4.78, 5) is 23.5. The summed E-state index contributed by atoms with van der Waals surface area (Å²) in [6.07, 6.45) is -0.556. The largest absolute Gasteiger partial charge is 0.444 e. The summed E-state index contributed by atoms with van der Waals surface area (Å²) >= 11 is 0. The number of carbonyl (C=O) groups is 2. The van der Waals surface area contributed by atoms with Crippen molar-refractivity contribution < 1.29 is 14.3 Å². The molecule has 1 amide bonds. The Labute approximate surface area is 114 Å². The first-order valence-corrected chi connectivity index (χ1v) is 6.22. The van der Waals surface area contributed by atoms with E-state index in [1.54, 1.807) is 26.8 Å². The maximum Gasteiger partial charge on any atom is 0.412 e. The van der Waals surface area contributed by atoms with Gasteiger partial charge in [0.1, 0.15) is 5.60 Å². The first kappa shape index (κ1) is 15.2. The van der Waals surface area contributed by atoms with Crippen LogP contribution < -0.4 is 5.32 Å². The number of benzene rings is 1. The quantitative estimate of drug-likeness (QED) is 0.824. The zero-order valence-corrected chi connectivity index (χ0v) is 12.4. The van der Waals surface area contributed by atoms with Gasteiger partial charge < -0.3 is 4.74 Å². The van der Waals surface area contributed by atoms with Crippen LogP contribution in [-0.4, -0.2) is 17.5 Å². The van der Waals surface area contributed by atoms with Crippen molar-refractivity contribution in [3.63, 3.8) is 0 Å². The number of Topliss-reactive ketones (excluding diaryl/α,β-unsaturated/α-hetero) is 1. The van der Waals surface area contributed by atoms with E-state index in [1.165, 1.54) is 6.92 Å². The topological polar surface area (TPSA) is 55.4 Å². The lowest BCUT2D eigenvalue weighted by atomic mass is 10.0. The zero-order chi connectivity index (χ0) is 14.8. The predicted octanol–water partition coefficient (Wildman–Crippen LogP) is 3.85. The molecule has 104 valence electrons. The van der Waals surface area contributed by atoms with Gasteiger partial charge in [-0.05, 0) is 58.7 Å². The number of anilines is 1. The van der Waals surface area contributed by atoms with Gasteiger partial charge in [-0.25, -0.2) is 4.79 Å². The maximum atomic E-state index is 11.8. The van der Waals surface area contributed by atoms with Crippen LogP contribution in [-0.2, 0) is 4.74 Å². The molecule has 1 N–H and O–H groups in total. The molecule has 4 heteroatoms. The molecule has 0 radical (unpaired) electrons. The van der Waals surface area contributed by atoms with Crippen LogP contribution in [0.3, 0.4) is 0 Å². The minimum Gasteiger partial charge on any atom is -0.444 e. The van der Waals surface area contributed by atoms with E-state index in [1.807, 2.05) is 19.9 Å². The minimum atomic E-state index is -0.570. The number of nitrogens with one attached hydrogen (secondary N) is 1. The van der Waals surface area contributed by atoms with Crippen molar-refractivity contribution in [1.29, 1.82) is 0 Å². The fourth-order valence-corrected chi connectivity index (χ4v) is 1.95. The molecule has 0 aromatic heterocycles. The van der Waals surface area contributed by atoms with Crippen LogP contribution in [0, 0.1) is 13.8 Å². The Kier molecular flexibility index (Phi) is 4.35. The summed E-state index contributed by atoms with van der Waals surface area (Å²) < 4.78 is 5.19. The molecule has 0 fully saturated rings. The zero-order valence-electron chi connectivity index (χ0n) is 12.4. The van der Waals surface area contributed by atoms with Crippen molar-refractivity contribution >= 4 is 17.6 Å². The molecular formula is C15H21NO3. The summed E-state index contributed by atoms with van der Waals surface area (Å²) in [7, 11) is 0. The second-order valence-electron chi connectivity index (χ2n) is 5.69. The molecule has 4 nitrogen and oxygen atoms in total. The van der Waals surface area contributed by atoms with Gasteiger partial charge in [-0.1, -0.05) is 6.07 Å². The van der Waals surface area contributed by atoms with E-state index in [4.69, 9.17) is 4.74 Å². The van der Waals surface area contributed by atoms with Gasteiger partial charge >= 0.3 is 6.09 Å². The molecule has 0 bridgehead atoms. The highest BCUT2D eigenvalue weighted by Crippen LogP contribution is 2.23. The van der Waals surface area contributed by atoms with Crippen LogP contribution >= 0.6 is 0 Å². The van der Waals surface area contributed by atoms with Crippen LogP contribution in [0.2, 0.25) is 0 Å². The molecule has 1 aromatic carbocycles. The van der Waals surface area contributed by atoms with Crippen molar-refractivity contribution in [2.75, 3.05) is 5.32 Å².